The molecule has 0 radical (unpaired) electrons. The average Bonchev–Trinajstić information content (AvgIpc) is 2.60. The molecule has 0 rings (SSSR count). The summed E-state index contributed by atoms with van der Waals surface area (Å²) >= 11 is 13.2. The van der Waals surface area contributed by atoms with Gasteiger partial charge in [-0.25, -0.2) is 0 Å². The maximum absolute atomic E-state index is 4.87. The normalized spacial score (nSPS) is 11.0. The van der Waals surface area contributed by atoms with E-state index in [0.717, 1.165) is 12.3 Å². The number of nitrogens with one attached hydrogen (secondary N) is 1. The van der Waals surface area contributed by atoms with Crippen LogP contribution < -0.4 is 5.32 Å². The molecular formula is C21H43NS3. The molecule has 0 saturated heterocycles. The molecule has 0 heterocycles. The van der Waals surface area contributed by atoms with Crippen molar-refractivity contribution in [1.82, 2.24) is 5.32 Å². The number of thiocarbonyl (C=S) groups is 1. The Morgan fingerprint density at radius 1 is 0.520 bits per heavy atom. The van der Waals surface area contributed by atoms with Crippen molar-refractivity contribution in [2.45, 2.75) is 116 Å². The molecule has 0 aliphatic carbocycles. The molecule has 0 unspecified atom stereocenters. The molecule has 25 heavy (non-hydrogen) atoms. The first-order valence-corrected chi connectivity index (χ1v) is 12.3. The molecule has 1 N–H and O–H groups in total. The smallest absolute Gasteiger partial charge is 0.130 e. The highest BCUT2D eigenvalue weighted by Crippen LogP contribution is 2.14. The van der Waals surface area contributed by atoms with Crippen molar-refractivity contribution in [3.63, 3.8) is 0 Å². The fraction of sp³-hybridized carbons (Fsp3) is 0.952. The molecule has 0 aromatic heterocycles. The van der Waals surface area contributed by atoms with Gasteiger partial charge in [0.1, 0.15) is 4.32 Å². The number of unbranched alkanes of at least 4 members (excludes halogenated alkanes) is 17. The van der Waals surface area contributed by atoms with Gasteiger partial charge in [-0.15, -0.1) is 12.6 Å². The van der Waals surface area contributed by atoms with Crippen molar-refractivity contribution in [2.75, 3.05) is 12.3 Å². The lowest BCUT2D eigenvalue weighted by atomic mass is 10.0. The first-order valence-electron chi connectivity index (χ1n) is 10.8. The van der Waals surface area contributed by atoms with Crippen LogP contribution in [0.4, 0.5) is 0 Å². The molecule has 4 heteroatoms. The van der Waals surface area contributed by atoms with Gasteiger partial charge in [-0.1, -0.05) is 115 Å². The van der Waals surface area contributed by atoms with Gasteiger partial charge >= 0.3 is 0 Å². The standard InChI is InChI=1S/C21H43NS3/c23-20-18-16-14-12-10-8-6-4-2-1-3-5-7-9-11-13-15-17-19-22-21(24)25/h23H,1-20H2,(H2,22,24,25). The Bertz CT molecular complexity index is 272. The molecule has 150 valence electrons. The van der Waals surface area contributed by atoms with Crippen LogP contribution in [0.25, 0.3) is 0 Å². The quantitative estimate of drug-likeness (QED) is 0.109. The molecule has 0 fully saturated rings. The van der Waals surface area contributed by atoms with E-state index in [1.165, 1.54) is 116 Å². The predicted octanol–water partition coefficient (Wildman–Crippen LogP) is 7.74. The zero-order valence-electron chi connectivity index (χ0n) is 16.4. The summed E-state index contributed by atoms with van der Waals surface area (Å²) in [6, 6.07) is 0. The Kier molecular flexibility index (Phi) is 23.2. The van der Waals surface area contributed by atoms with Crippen molar-refractivity contribution in [2.24, 2.45) is 0 Å². The minimum absolute atomic E-state index is 0.625. The van der Waals surface area contributed by atoms with E-state index in [1.807, 2.05) is 0 Å². The molecular weight excluding hydrogens is 362 g/mol. The molecule has 0 saturated carbocycles. The summed E-state index contributed by atoms with van der Waals surface area (Å²) in [4.78, 5) is 0. The predicted molar refractivity (Wildman–Crippen MR) is 127 cm³/mol. The third-order valence-electron chi connectivity index (χ3n) is 4.86. The molecule has 0 bridgehead atoms. The summed E-state index contributed by atoms with van der Waals surface area (Å²) < 4.78 is 0.625. The number of hydrogen-bond donors (Lipinski definition) is 3. The minimum Gasteiger partial charge on any atom is -0.371 e. The van der Waals surface area contributed by atoms with Gasteiger partial charge < -0.3 is 5.32 Å². The van der Waals surface area contributed by atoms with Crippen LogP contribution in [-0.4, -0.2) is 16.6 Å². The summed E-state index contributed by atoms with van der Waals surface area (Å²) in [5.74, 6) is 1.06. The number of rotatable bonds is 20. The fourth-order valence-electron chi connectivity index (χ4n) is 3.26. The third-order valence-corrected chi connectivity index (χ3v) is 5.48. The largest absolute Gasteiger partial charge is 0.371 e. The lowest BCUT2D eigenvalue weighted by Gasteiger charge is -2.04. The first kappa shape index (κ1) is 25.6. The zero-order valence-corrected chi connectivity index (χ0v) is 19.1. The Balaban J connectivity index is 2.97. The second-order valence-electron chi connectivity index (χ2n) is 7.32. The lowest BCUT2D eigenvalue weighted by molar-refractivity contribution is 0.525. The second-order valence-corrected chi connectivity index (χ2v) is 8.92. The van der Waals surface area contributed by atoms with Gasteiger partial charge in [-0.2, -0.15) is 12.6 Å². The van der Waals surface area contributed by atoms with E-state index >= 15 is 0 Å². The molecule has 0 aromatic rings. The molecule has 1 nitrogen and oxygen atoms in total. The van der Waals surface area contributed by atoms with Gasteiger partial charge in [0.2, 0.25) is 0 Å². The first-order chi connectivity index (χ1) is 12.3. The topological polar surface area (TPSA) is 12.0 Å². The maximum Gasteiger partial charge on any atom is 0.130 e. The number of thiol groups is 2. The Morgan fingerprint density at radius 2 is 0.800 bits per heavy atom. The van der Waals surface area contributed by atoms with Crippen LogP contribution in [0.5, 0.6) is 0 Å². The van der Waals surface area contributed by atoms with E-state index < -0.39 is 0 Å². The van der Waals surface area contributed by atoms with Crippen LogP contribution in [0.2, 0.25) is 0 Å². The summed E-state index contributed by atoms with van der Waals surface area (Å²) in [7, 11) is 0. The molecule has 0 aliphatic heterocycles. The highest BCUT2D eigenvalue weighted by molar-refractivity contribution is 8.11. The van der Waals surface area contributed by atoms with Gasteiger partial charge in [-0.05, 0) is 18.6 Å². The van der Waals surface area contributed by atoms with E-state index in [-0.39, 0.29) is 0 Å². The number of hydrogen-bond acceptors (Lipinski definition) is 2. The van der Waals surface area contributed by atoms with Gasteiger partial charge in [0, 0.05) is 6.54 Å². The van der Waals surface area contributed by atoms with Gasteiger partial charge in [0.25, 0.3) is 0 Å². The van der Waals surface area contributed by atoms with E-state index in [2.05, 4.69) is 30.6 Å². The van der Waals surface area contributed by atoms with Crippen molar-refractivity contribution in [3.05, 3.63) is 0 Å². The van der Waals surface area contributed by atoms with E-state index in [4.69, 9.17) is 12.2 Å². The van der Waals surface area contributed by atoms with Crippen LogP contribution >= 0.6 is 37.5 Å². The minimum atomic E-state index is 0.625. The molecule has 0 amide bonds. The van der Waals surface area contributed by atoms with Crippen LogP contribution in [0.1, 0.15) is 116 Å². The van der Waals surface area contributed by atoms with Crippen molar-refractivity contribution in [1.29, 1.82) is 0 Å². The van der Waals surface area contributed by atoms with Crippen LogP contribution in [0, 0.1) is 0 Å². The van der Waals surface area contributed by atoms with Gasteiger partial charge in [0.05, 0.1) is 0 Å². The van der Waals surface area contributed by atoms with E-state index in [9.17, 15) is 0 Å². The second kappa shape index (κ2) is 22.6. The van der Waals surface area contributed by atoms with E-state index in [1.54, 1.807) is 0 Å². The Morgan fingerprint density at radius 3 is 1.08 bits per heavy atom. The zero-order chi connectivity index (χ0) is 18.4. The average molecular weight is 406 g/mol. The summed E-state index contributed by atoms with van der Waals surface area (Å²) in [5, 5.41) is 3.10. The monoisotopic (exact) mass is 405 g/mol. The Hall–Kier alpha value is 0.590. The molecule has 0 atom stereocenters. The SMILES string of the molecule is S=C(S)NCCCCCCCCCCCCCCCCCCCCS. The summed E-state index contributed by atoms with van der Waals surface area (Å²) in [5.41, 5.74) is 0. The molecule has 0 spiro atoms. The fourth-order valence-corrected chi connectivity index (χ4v) is 3.70. The summed E-state index contributed by atoms with van der Waals surface area (Å²) in [6.07, 6.45) is 25.3. The van der Waals surface area contributed by atoms with Crippen molar-refractivity contribution < 1.29 is 0 Å². The third kappa shape index (κ3) is 24.6. The van der Waals surface area contributed by atoms with Gasteiger partial charge in [0.15, 0.2) is 0 Å². The van der Waals surface area contributed by atoms with Crippen LogP contribution in [-0.2, 0) is 0 Å². The van der Waals surface area contributed by atoms with Crippen molar-refractivity contribution in [3.8, 4) is 0 Å². The van der Waals surface area contributed by atoms with Gasteiger partial charge in [-0.3, -0.25) is 0 Å². The maximum atomic E-state index is 4.87. The summed E-state index contributed by atoms with van der Waals surface area (Å²) in [6.45, 7) is 0.985. The lowest BCUT2D eigenvalue weighted by Crippen LogP contribution is -2.17. The highest BCUT2D eigenvalue weighted by atomic mass is 32.1. The van der Waals surface area contributed by atoms with Crippen molar-refractivity contribution >= 4 is 41.8 Å². The van der Waals surface area contributed by atoms with Crippen LogP contribution in [0.3, 0.4) is 0 Å². The molecule has 0 aliphatic rings. The van der Waals surface area contributed by atoms with Crippen LogP contribution in [0.15, 0.2) is 0 Å². The highest BCUT2D eigenvalue weighted by Gasteiger charge is 1.95. The molecule has 0 aromatic carbocycles. The van der Waals surface area contributed by atoms with E-state index in [0.29, 0.717) is 4.32 Å². The Labute approximate surface area is 174 Å².